The van der Waals surface area contributed by atoms with Gasteiger partial charge in [-0.15, -0.1) is 0 Å². The second-order valence-corrected chi connectivity index (χ2v) is 7.43. The Morgan fingerprint density at radius 1 is 1.32 bits per heavy atom. The Morgan fingerprint density at radius 2 is 2.13 bits per heavy atom. The molecule has 1 aliphatic rings. The number of nitrogens with one attached hydrogen (secondary N) is 4. The number of carbonyl (C=O) groups is 2. The maximum atomic E-state index is 12.1. The van der Waals surface area contributed by atoms with Gasteiger partial charge in [0.1, 0.15) is 6.42 Å². The molecule has 1 atom stereocenters. The predicted octanol–water partition coefficient (Wildman–Crippen LogP) is 1.54. The molecular weight excluding hydrogens is 396 g/mol. The van der Waals surface area contributed by atoms with E-state index >= 15 is 0 Å². The van der Waals surface area contributed by atoms with Crippen molar-refractivity contribution >= 4 is 40.3 Å². The van der Waals surface area contributed by atoms with Gasteiger partial charge in [0, 0.05) is 18.3 Å². The molecule has 4 rings (SSSR count). The van der Waals surface area contributed by atoms with Gasteiger partial charge in [0.15, 0.2) is 0 Å². The number of nitriles is 1. The summed E-state index contributed by atoms with van der Waals surface area (Å²) in [5.74, 6) is 0.672. The third-order valence-corrected chi connectivity index (χ3v) is 5.25. The number of hydrogen-bond donors (Lipinski definition) is 4. The van der Waals surface area contributed by atoms with Gasteiger partial charge in [0.2, 0.25) is 23.3 Å². The largest absolute Gasteiger partial charge is 0.366 e. The molecule has 0 saturated carbocycles. The number of fused-ring (bicyclic) bond motifs is 1. The van der Waals surface area contributed by atoms with Gasteiger partial charge in [0.25, 0.3) is 0 Å². The lowest BCUT2D eigenvalue weighted by Crippen LogP contribution is -2.45. The van der Waals surface area contributed by atoms with Crippen LogP contribution in [-0.4, -0.2) is 45.8 Å². The van der Waals surface area contributed by atoms with E-state index in [4.69, 9.17) is 11.0 Å². The highest BCUT2D eigenvalue weighted by Crippen LogP contribution is 2.22. The number of primary amides is 1. The number of H-pyrrole nitrogens is 2. The minimum Gasteiger partial charge on any atom is -0.366 e. The van der Waals surface area contributed by atoms with Crippen LogP contribution in [0.1, 0.15) is 29.6 Å². The zero-order valence-electron chi connectivity index (χ0n) is 16.8. The molecule has 31 heavy (non-hydrogen) atoms. The van der Waals surface area contributed by atoms with Gasteiger partial charge in [-0.1, -0.05) is 4.98 Å². The molecule has 0 bridgehead atoms. The first-order chi connectivity index (χ1) is 15.0. The number of aromatic amines is 2. The Hall–Kier alpha value is -4.13. The number of nitrogens with two attached hydrogens (primary N) is 1. The standard InChI is InChI=1S/C21H22N8O2/c22-9-7-17(30)29-11-1-2-15(12-29)25-20-16-8-10-24-19(16)27-21(28-20)26-14-5-3-13(4-6-14)18(23)31/h3-6,8,10,15H,1-2,7,11-12H2,(H2,23,31)(H3,24,25,26,27,28)/p+1. The Kier molecular flexibility index (Phi) is 5.66. The number of carbonyl (C=O) groups excluding carboxylic acids is 2. The summed E-state index contributed by atoms with van der Waals surface area (Å²) in [5.41, 5.74) is 7.16. The van der Waals surface area contributed by atoms with Crippen LogP contribution in [0.25, 0.3) is 11.0 Å². The molecule has 6 N–H and O–H groups in total. The van der Waals surface area contributed by atoms with Gasteiger partial charge < -0.3 is 20.9 Å². The Bertz CT molecular complexity index is 1150. The van der Waals surface area contributed by atoms with E-state index in [1.807, 2.05) is 18.3 Å². The van der Waals surface area contributed by atoms with Crippen molar-refractivity contribution in [2.45, 2.75) is 25.3 Å². The zero-order valence-corrected chi connectivity index (χ0v) is 16.8. The summed E-state index contributed by atoms with van der Waals surface area (Å²) in [6, 6.07) is 10.7. The summed E-state index contributed by atoms with van der Waals surface area (Å²) in [5, 5.41) is 16.4. The molecular formula is C21H23N8O2+. The lowest BCUT2D eigenvalue weighted by atomic mass is 10.1. The Balaban J connectivity index is 1.54. The average molecular weight is 419 g/mol. The fraction of sp³-hybridized carbons (Fsp3) is 0.286. The Labute approximate surface area is 178 Å². The van der Waals surface area contributed by atoms with E-state index < -0.39 is 5.91 Å². The first-order valence-corrected chi connectivity index (χ1v) is 10.0. The molecule has 3 heterocycles. The first-order valence-electron chi connectivity index (χ1n) is 10.0. The minimum absolute atomic E-state index is 0.0517. The van der Waals surface area contributed by atoms with Crippen molar-refractivity contribution in [3.8, 4) is 6.07 Å². The van der Waals surface area contributed by atoms with Crippen LogP contribution >= 0.6 is 0 Å². The average Bonchev–Trinajstić information content (AvgIpc) is 3.23. The molecule has 0 spiro atoms. The van der Waals surface area contributed by atoms with Crippen molar-refractivity contribution in [3.63, 3.8) is 0 Å². The molecule has 1 fully saturated rings. The van der Waals surface area contributed by atoms with Crippen LogP contribution in [0, 0.1) is 11.3 Å². The number of benzene rings is 1. The Morgan fingerprint density at radius 3 is 2.87 bits per heavy atom. The number of piperidine rings is 1. The fourth-order valence-electron chi connectivity index (χ4n) is 3.71. The van der Waals surface area contributed by atoms with Crippen molar-refractivity contribution in [1.29, 1.82) is 5.26 Å². The maximum Gasteiger partial charge on any atom is 0.351 e. The van der Waals surface area contributed by atoms with E-state index in [-0.39, 0.29) is 18.4 Å². The number of aromatic nitrogens is 3. The lowest BCUT2D eigenvalue weighted by molar-refractivity contribution is -0.346. The molecule has 10 nitrogen and oxygen atoms in total. The van der Waals surface area contributed by atoms with Crippen molar-refractivity contribution < 1.29 is 14.6 Å². The molecule has 0 aliphatic carbocycles. The maximum absolute atomic E-state index is 12.1. The van der Waals surface area contributed by atoms with E-state index in [1.54, 1.807) is 29.2 Å². The number of nitrogens with zero attached hydrogens (tertiary/aromatic N) is 3. The molecule has 1 aromatic carbocycles. The summed E-state index contributed by atoms with van der Waals surface area (Å²) in [4.78, 5) is 36.0. The van der Waals surface area contributed by atoms with E-state index in [0.29, 0.717) is 30.2 Å². The molecule has 1 unspecified atom stereocenters. The van der Waals surface area contributed by atoms with E-state index in [9.17, 15) is 9.59 Å². The van der Waals surface area contributed by atoms with Crippen LogP contribution in [0.3, 0.4) is 0 Å². The van der Waals surface area contributed by atoms with E-state index in [0.717, 1.165) is 29.7 Å². The monoisotopic (exact) mass is 419 g/mol. The number of anilines is 3. The van der Waals surface area contributed by atoms with Gasteiger partial charge in [0.05, 0.1) is 29.7 Å². The summed E-state index contributed by atoms with van der Waals surface area (Å²) >= 11 is 0. The first kappa shape index (κ1) is 20.2. The van der Waals surface area contributed by atoms with Crippen molar-refractivity contribution in [3.05, 3.63) is 42.1 Å². The predicted molar refractivity (Wildman–Crippen MR) is 114 cm³/mol. The fourth-order valence-corrected chi connectivity index (χ4v) is 3.71. The third kappa shape index (κ3) is 4.56. The third-order valence-electron chi connectivity index (χ3n) is 5.25. The molecule has 3 aromatic rings. The topological polar surface area (TPSA) is 154 Å². The number of rotatable bonds is 6. The summed E-state index contributed by atoms with van der Waals surface area (Å²) in [6.45, 7) is 1.21. The van der Waals surface area contributed by atoms with Crippen molar-refractivity contribution in [2.24, 2.45) is 5.73 Å². The highest BCUT2D eigenvalue weighted by molar-refractivity contribution is 5.93. The molecule has 2 aromatic heterocycles. The summed E-state index contributed by atoms with van der Waals surface area (Å²) < 4.78 is 0. The van der Waals surface area contributed by atoms with Crippen LogP contribution in [0.15, 0.2) is 36.5 Å². The van der Waals surface area contributed by atoms with Crippen LogP contribution in [0.5, 0.6) is 0 Å². The molecule has 10 heteroatoms. The van der Waals surface area contributed by atoms with Gasteiger partial charge in [-0.25, -0.2) is 4.98 Å². The second-order valence-electron chi connectivity index (χ2n) is 7.43. The van der Waals surface area contributed by atoms with E-state index in [2.05, 4.69) is 25.6 Å². The van der Waals surface area contributed by atoms with Crippen LogP contribution in [-0.2, 0) is 4.79 Å². The zero-order chi connectivity index (χ0) is 21.8. The minimum atomic E-state index is -0.481. The van der Waals surface area contributed by atoms with Crippen LogP contribution in [0.2, 0.25) is 0 Å². The molecule has 2 amide bonds. The van der Waals surface area contributed by atoms with E-state index in [1.165, 1.54) is 0 Å². The van der Waals surface area contributed by atoms with Crippen LogP contribution in [0.4, 0.5) is 17.5 Å². The SMILES string of the molecule is N#CCC(=O)N1CCCC(Nc2[nH+]c(Nc3ccc(C(N)=O)cc3)nc3[nH]ccc23)C1. The van der Waals surface area contributed by atoms with Crippen molar-refractivity contribution in [2.75, 3.05) is 23.7 Å². The van der Waals surface area contributed by atoms with Gasteiger partial charge >= 0.3 is 5.95 Å². The molecule has 0 radical (unpaired) electrons. The number of hydrogen-bond acceptors (Lipinski definition) is 6. The number of likely N-dealkylation sites (tertiary alicyclic amines) is 1. The highest BCUT2D eigenvalue weighted by atomic mass is 16.2. The van der Waals surface area contributed by atoms with Gasteiger partial charge in [-0.05, 0) is 43.2 Å². The summed E-state index contributed by atoms with van der Waals surface area (Å²) in [6.07, 6.45) is 3.49. The van der Waals surface area contributed by atoms with Crippen LogP contribution < -0.4 is 21.4 Å². The van der Waals surface area contributed by atoms with Gasteiger partial charge in [-0.2, -0.15) is 5.26 Å². The number of amides is 2. The normalized spacial score (nSPS) is 16.0. The summed E-state index contributed by atoms with van der Waals surface area (Å²) in [7, 11) is 0. The lowest BCUT2D eigenvalue weighted by Gasteiger charge is -2.31. The van der Waals surface area contributed by atoms with Crippen molar-refractivity contribution in [1.82, 2.24) is 14.9 Å². The quantitative estimate of drug-likeness (QED) is 0.475. The van der Waals surface area contributed by atoms with Gasteiger partial charge in [-0.3, -0.25) is 14.9 Å². The molecule has 1 aliphatic heterocycles. The molecule has 1 saturated heterocycles. The smallest absolute Gasteiger partial charge is 0.351 e. The highest BCUT2D eigenvalue weighted by Gasteiger charge is 2.26. The molecule has 158 valence electrons. The second kappa shape index (κ2) is 8.71.